The fourth-order valence-electron chi connectivity index (χ4n) is 1.56. The minimum Gasteiger partial charge on any atom is -0.383 e. The topological polar surface area (TPSA) is 21.3 Å². The second-order valence-corrected chi connectivity index (χ2v) is 4.07. The summed E-state index contributed by atoms with van der Waals surface area (Å²) in [5.41, 5.74) is 3.90. The first-order valence-corrected chi connectivity index (χ1v) is 5.66. The molecule has 0 aliphatic rings. The van der Waals surface area contributed by atoms with Gasteiger partial charge in [0.1, 0.15) is 0 Å². The van der Waals surface area contributed by atoms with Gasteiger partial charge in [-0.1, -0.05) is 41.5 Å². The van der Waals surface area contributed by atoms with Crippen molar-refractivity contribution in [1.82, 2.24) is 5.32 Å². The van der Waals surface area contributed by atoms with Crippen LogP contribution in [0.3, 0.4) is 0 Å². The smallest absolute Gasteiger partial charge is 0.0587 e. The molecule has 0 radical (unpaired) electrons. The second-order valence-electron chi connectivity index (χ2n) is 4.07. The van der Waals surface area contributed by atoms with Gasteiger partial charge in [-0.2, -0.15) is 0 Å². The van der Waals surface area contributed by atoms with E-state index in [1.807, 2.05) is 0 Å². The molecule has 0 aliphatic heterocycles. The van der Waals surface area contributed by atoms with Crippen molar-refractivity contribution in [3.8, 4) is 0 Å². The summed E-state index contributed by atoms with van der Waals surface area (Å²) >= 11 is 0. The van der Waals surface area contributed by atoms with E-state index in [2.05, 4.69) is 49.5 Å². The molecule has 0 atom stereocenters. The molecule has 1 aromatic carbocycles. The molecule has 0 aromatic heterocycles. The van der Waals surface area contributed by atoms with Crippen LogP contribution in [0.4, 0.5) is 0 Å². The van der Waals surface area contributed by atoms with Gasteiger partial charge < -0.3 is 10.1 Å². The molecule has 88 valence electrons. The number of hydrogen-bond acceptors (Lipinski definition) is 2. The lowest BCUT2D eigenvalue weighted by molar-refractivity contribution is 0.200. The summed E-state index contributed by atoms with van der Waals surface area (Å²) in [6.45, 7) is 6.83. The predicted molar refractivity (Wildman–Crippen MR) is 69.6 cm³/mol. The molecule has 0 aliphatic carbocycles. The van der Waals surface area contributed by atoms with Crippen LogP contribution in [0.1, 0.15) is 18.1 Å². The molecule has 1 rings (SSSR count). The van der Waals surface area contributed by atoms with Gasteiger partial charge in [0.2, 0.25) is 0 Å². The molecular weight excluding hydrogens is 198 g/mol. The normalized spacial score (nSPS) is 11.8. The molecule has 0 heterocycles. The lowest BCUT2D eigenvalue weighted by Gasteiger charge is -2.04. The number of aryl methyl sites for hydroxylation is 1. The summed E-state index contributed by atoms with van der Waals surface area (Å²) in [6.07, 6.45) is 2.22. The zero-order valence-electron chi connectivity index (χ0n) is 10.4. The molecular formula is C14H21NO. The van der Waals surface area contributed by atoms with Crippen LogP contribution in [0.15, 0.2) is 29.8 Å². The average molecular weight is 219 g/mol. The van der Waals surface area contributed by atoms with Crippen LogP contribution in [-0.4, -0.2) is 26.8 Å². The van der Waals surface area contributed by atoms with Crippen LogP contribution >= 0.6 is 0 Å². The third-order valence-corrected chi connectivity index (χ3v) is 2.34. The van der Waals surface area contributed by atoms with Crippen LogP contribution < -0.4 is 5.32 Å². The zero-order valence-corrected chi connectivity index (χ0v) is 10.4. The quantitative estimate of drug-likeness (QED) is 0.743. The van der Waals surface area contributed by atoms with Crippen molar-refractivity contribution < 1.29 is 4.74 Å². The Morgan fingerprint density at radius 2 is 2.25 bits per heavy atom. The maximum absolute atomic E-state index is 4.98. The summed E-state index contributed by atoms with van der Waals surface area (Å²) in [5.74, 6) is 0. The van der Waals surface area contributed by atoms with Crippen molar-refractivity contribution in [2.45, 2.75) is 13.8 Å². The van der Waals surface area contributed by atoms with Gasteiger partial charge in [0.05, 0.1) is 6.61 Å². The van der Waals surface area contributed by atoms with Crippen molar-refractivity contribution >= 4 is 6.08 Å². The van der Waals surface area contributed by atoms with Crippen molar-refractivity contribution in [2.75, 3.05) is 26.8 Å². The molecule has 0 spiro atoms. The number of rotatable bonds is 6. The maximum Gasteiger partial charge on any atom is 0.0587 e. The van der Waals surface area contributed by atoms with Crippen LogP contribution in [0.2, 0.25) is 0 Å². The van der Waals surface area contributed by atoms with E-state index in [1.165, 1.54) is 16.7 Å². The van der Waals surface area contributed by atoms with Crippen LogP contribution in [0, 0.1) is 6.92 Å². The molecule has 1 N–H and O–H groups in total. The van der Waals surface area contributed by atoms with Gasteiger partial charge in [0.15, 0.2) is 0 Å². The Balaban J connectivity index is 2.43. The SMILES string of the molecule is COCCNCC(C)=Cc1cccc(C)c1. The lowest BCUT2D eigenvalue weighted by atomic mass is 10.1. The standard InChI is InChI=1S/C14H21NO/c1-12-5-4-6-14(9-12)10-13(2)11-15-7-8-16-3/h4-6,9-10,15H,7-8,11H2,1-3H3. The fourth-order valence-corrected chi connectivity index (χ4v) is 1.56. The zero-order chi connectivity index (χ0) is 11.8. The molecule has 0 bridgehead atoms. The largest absolute Gasteiger partial charge is 0.383 e. The number of nitrogens with one attached hydrogen (secondary N) is 1. The number of ether oxygens (including phenoxy) is 1. The molecule has 2 heteroatoms. The highest BCUT2D eigenvalue weighted by atomic mass is 16.5. The van der Waals surface area contributed by atoms with Crippen LogP contribution in [0.5, 0.6) is 0 Å². The first-order chi connectivity index (χ1) is 7.72. The highest BCUT2D eigenvalue weighted by Crippen LogP contribution is 2.08. The monoisotopic (exact) mass is 219 g/mol. The van der Waals surface area contributed by atoms with E-state index < -0.39 is 0 Å². The maximum atomic E-state index is 4.98. The summed E-state index contributed by atoms with van der Waals surface area (Å²) < 4.78 is 4.98. The van der Waals surface area contributed by atoms with E-state index in [-0.39, 0.29) is 0 Å². The fraction of sp³-hybridized carbons (Fsp3) is 0.429. The van der Waals surface area contributed by atoms with Gasteiger partial charge in [-0.3, -0.25) is 0 Å². The molecule has 0 unspecified atom stereocenters. The summed E-state index contributed by atoms with van der Waals surface area (Å²) in [7, 11) is 1.72. The Labute approximate surface area is 98.3 Å². The average Bonchev–Trinajstić information content (AvgIpc) is 2.24. The van der Waals surface area contributed by atoms with E-state index in [0.717, 1.165) is 19.7 Å². The summed E-state index contributed by atoms with van der Waals surface area (Å²) in [6, 6.07) is 8.53. The van der Waals surface area contributed by atoms with E-state index in [1.54, 1.807) is 7.11 Å². The van der Waals surface area contributed by atoms with Crippen molar-refractivity contribution in [2.24, 2.45) is 0 Å². The number of methoxy groups -OCH3 is 1. The third kappa shape index (κ3) is 5.10. The predicted octanol–water partition coefficient (Wildman–Crippen LogP) is 2.63. The van der Waals surface area contributed by atoms with E-state index in [9.17, 15) is 0 Å². The van der Waals surface area contributed by atoms with E-state index in [0.29, 0.717) is 0 Å². The molecule has 0 saturated carbocycles. The number of benzene rings is 1. The van der Waals surface area contributed by atoms with Crippen molar-refractivity contribution in [3.63, 3.8) is 0 Å². The third-order valence-electron chi connectivity index (χ3n) is 2.34. The Hall–Kier alpha value is -1.12. The Morgan fingerprint density at radius 1 is 1.44 bits per heavy atom. The lowest BCUT2D eigenvalue weighted by Crippen LogP contribution is -2.20. The molecule has 0 saturated heterocycles. The molecule has 16 heavy (non-hydrogen) atoms. The van der Waals surface area contributed by atoms with Gasteiger partial charge >= 0.3 is 0 Å². The van der Waals surface area contributed by atoms with Crippen molar-refractivity contribution in [3.05, 3.63) is 41.0 Å². The number of hydrogen-bond donors (Lipinski definition) is 1. The molecule has 0 amide bonds. The van der Waals surface area contributed by atoms with Gasteiger partial charge in [-0.05, 0) is 19.4 Å². The first kappa shape index (κ1) is 12.9. The molecule has 1 aromatic rings. The highest BCUT2D eigenvalue weighted by molar-refractivity contribution is 5.53. The highest BCUT2D eigenvalue weighted by Gasteiger charge is 1.92. The van der Waals surface area contributed by atoms with Gasteiger partial charge in [-0.25, -0.2) is 0 Å². The summed E-state index contributed by atoms with van der Waals surface area (Å²) in [5, 5.41) is 3.33. The van der Waals surface area contributed by atoms with Crippen LogP contribution in [-0.2, 0) is 4.74 Å². The van der Waals surface area contributed by atoms with Gasteiger partial charge in [0, 0.05) is 20.2 Å². The van der Waals surface area contributed by atoms with Crippen molar-refractivity contribution in [1.29, 1.82) is 0 Å². The van der Waals surface area contributed by atoms with Gasteiger partial charge in [-0.15, -0.1) is 0 Å². The first-order valence-electron chi connectivity index (χ1n) is 5.66. The Morgan fingerprint density at radius 3 is 2.94 bits per heavy atom. The van der Waals surface area contributed by atoms with E-state index >= 15 is 0 Å². The second kappa shape index (κ2) is 7.20. The summed E-state index contributed by atoms with van der Waals surface area (Å²) in [4.78, 5) is 0. The molecule has 0 fully saturated rings. The Kier molecular flexibility index (Phi) is 5.83. The minimum absolute atomic E-state index is 0.762. The Bertz CT molecular complexity index is 344. The van der Waals surface area contributed by atoms with Crippen LogP contribution in [0.25, 0.3) is 6.08 Å². The van der Waals surface area contributed by atoms with Gasteiger partial charge in [0.25, 0.3) is 0 Å². The minimum atomic E-state index is 0.762. The molecule has 2 nitrogen and oxygen atoms in total. The van der Waals surface area contributed by atoms with E-state index in [4.69, 9.17) is 4.74 Å².